The van der Waals surface area contributed by atoms with E-state index in [1.807, 2.05) is 66.0 Å². The van der Waals surface area contributed by atoms with Crippen LogP contribution in [-0.4, -0.2) is 18.0 Å². The van der Waals surface area contributed by atoms with Crippen molar-refractivity contribution in [3.63, 3.8) is 0 Å². The second-order valence-electron chi connectivity index (χ2n) is 6.15. The van der Waals surface area contributed by atoms with Gasteiger partial charge < -0.3 is 15.4 Å². The minimum atomic E-state index is -0.138. The van der Waals surface area contributed by atoms with Crippen molar-refractivity contribution < 1.29 is 9.53 Å². The molecule has 0 saturated heterocycles. The molecule has 6 heteroatoms. The topological polar surface area (TPSA) is 63.2 Å². The van der Waals surface area contributed by atoms with E-state index in [0.717, 1.165) is 27.1 Å². The van der Waals surface area contributed by atoms with Crippen LogP contribution in [0.5, 0.6) is 5.75 Å². The number of carbonyl (C=O) groups excluding carboxylic acids is 1. The molecule has 0 fully saturated rings. The molecule has 0 bridgehead atoms. The van der Waals surface area contributed by atoms with E-state index in [9.17, 15) is 4.79 Å². The number of hydrogen-bond donors (Lipinski definition) is 2. The van der Waals surface area contributed by atoms with Gasteiger partial charge in [0.25, 0.3) is 5.91 Å². The number of fused-ring (bicyclic) bond motifs is 1. The Balaban J connectivity index is 1.65. The summed E-state index contributed by atoms with van der Waals surface area (Å²) >= 11 is 1.62. The number of hydrogen-bond acceptors (Lipinski definition) is 5. The number of methoxy groups -OCH3 is 1. The zero-order chi connectivity index (χ0) is 19.3. The average Bonchev–Trinajstić information content (AvgIpc) is 3.26. The molecule has 0 aliphatic rings. The number of aromatic nitrogens is 1. The molecule has 2 aromatic heterocycles. The minimum absolute atomic E-state index is 0.138. The molecule has 4 aromatic rings. The molecule has 1 amide bonds. The van der Waals surface area contributed by atoms with Gasteiger partial charge in [-0.25, -0.2) is 4.98 Å². The van der Waals surface area contributed by atoms with Crippen LogP contribution in [0, 0.1) is 0 Å². The van der Waals surface area contributed by atoms with E-state index in [2.05, 4.69) is 15.6 Å². The molecule has 0 aliphatic heterocycles. The Bertz CT molecular complexity index is 1110. The summed E-state index contributed by atoms with van der Waals surface area (Å²) in [7, 11) is 1.63. The predicted molar refractivity (Wildman–Crippen MR) is 114 cm³/mol. The molecule has 4 rings (SSSR count). The van der Waals surface area contributed by atoms with Gasteiger partial charge in [-0.05, 0) is 29.0 Å². The Kier molecular flexibility index (Phi) is 5.21. The molecule has 28 heavy (non-hydrogen) atoms. The van der Waals surface area contributed by atoms with Crippen molar-refractivity contribution in [3.05, 3.63) is 82.7 Å². The number of benzene rings is 2. The standard InChI is InChI=1S/C22H19N3O2S/c1-27-20-11-5-4-10-19(20)25-21-17-9-3-2-8-16(17)18(14-23-21)22(26)24-13-15-7-6-12-28-15/h2-12,14H,13H2,1H3,(H,23,25)(H,24,26). The highest BCUT2D eigenvalue weighted by atomic mass is 32.1. The minimum Gasteiger partial charge on any atom is -0.495 e. The first-order valence-corrected chi connectivity index (χ1v) is 9.72. The molecule has 0 spiro atoms. The zero-order valence-electron chi connectivity index (χ0n) is 15.3. The first kappa shape index (κ1) is 18.0. The summed E-state index contributed by atoms with van der Waals surface area (Å²) in [5.74, 6) is 1.27. The van der Waals surface area contributed by atoms with Gasteiger partial charge in [0.2, 0.25) is 0 Å². The Morgan fingerprint density at radius 3 is 2.61 bits per heavy atom. The molecular weight excluding hydrogens is 370 g/mol. The van der Waals surface area contributed by atoms with Gasteiger partial charge in [-0.2, -0.15) is 0 Å². The quantitative estimate of drug-likeness (QED) is 0.488. The van der Waals surface area contributed by atoms with Crippen molar-refractivity contribution in [1.82, 2.24) is 10.3 Å². The summed E-state index contributed by atoms with van der Waals surface area (Å²) in [5, 5.41) is 10.0. The zero-order valence-corrected chi connectivity index (χ0v) is 16.1. The van der Waals surface area contributed by atoms with Gasteiger partial charge >= 0.3 is 0 Å². The van der Waals surface area contributed by atoms with E-state index in [-0.39, 0.29) is 5.91 Å². The van der Waals surface area contributed by atoms with Gasteiger partial charge in [0.05, 0.1) is 24.9 Å². The lowest BCUT2D eigenvalue weighted by atomic mass is 10.1. The molecule has 2 heterocycles. The summed E-state index contributed by atoms with van der Waals surface area (Å²) in [5.41, 5.74) is 1.37. The third kappa shape index (κ3) is 3.68. The number of anilines is 2. The summed E-state index contributed by atoms with van der Waals surface area (Å²) in [6, 6.07) is 19.4. The highest BCUT2D eigenvalue weighted by Gasteiger charge is 2.14. The summed E-state index contributed by atoms with van der Waals surface area (Å²) < 4.78 is 5.41. The van der Waals surface area contributed by atoms with Crippen molar-refractivity contribution in [2.45, 2.75) is 6.54 Å². The third-order valence-corrected chi connectivity index (χ3v) is 5.28. The second-order valence-corrected chi connectivity index (χ2v) is 7.19. The van der Waals surface area contributed by atoms with Crippen LogP contribution >= 0.6 is 11.3 Å². The normalized spacial score (nSPS) is 10.6. The lowest BCUT2D eigenvalue weighted by Gasteiger charge is -2.14. The van der Waals surface area contributed by atoms with E-state index in [4.69, 9.17) is 4.74 Å². The Hall–Kier alpha value is -3.38. The fraction of sp³-hybridized carbons (Fsp3) is 0.0909. The molecule has 0 saturated carbocycles. The van der Waals surface area contributed by atoms with E-state index < -0.39 is 0 Å². The molecule has 2 aromatic carbocycles. The maximum Gasteiger partial charge on any atom is 0.253 e. The molecule has 0 aliphatic carbocycles. The number of ether oxygens (including phenoxy) is 1. The number of nitrogens with one attached hydrogen (secondary N) is 2. The Labute approximate surface area is 167 Å². The van der Waals surface area contributed by atoms with Crippen LogP contribution < -0.4 is 15.4 Å². The van der Waals surface area contributed by atoms with Gasteiger partial charge in [0.15, 0.2) is 0 Å². The van der Waals surface area contributed by atoms with Gasteiger partial charge in [0.1, 0.15) is 11.6 Å². The van der Waals surface area contributed by atoms with Crippen LogP contribution in [0.1, 0.15) is 15.2 Å². The van der Waals surface area contributed by atoms with Gasteiger partial charge in [-0.15, -0.1) is 11.3 Å². The smallest absolute Gasteiger partial charge is 0.253 e. The highest BCUT2D eigenvalue weighted by molar-refractivity contribution is 7.09. The lowest BCUT2D eigenvalue weighted by Crippen LogP contribution is -2.22. The number of nitrogens with zero attached hydrogens (tertiary/aromatic N) is 1. The summed E-state index contributed by atoms with van der Waals surface area (Å²) in [4.78, 5) is 18.4. The van der Waals surface area contributed by atoms with Crippen LogP contribution in [-0.2, 0) is 6.54 Å². The van der Waals surface area contributed by atoms with Crippen LogP contribution in [0.4, 0.5) is 11.5 Å². The fourth-order valence-corrected chi connectivity index (χ4v) is 3.67. The second kappa shape index (κ2) is 8.10. The molecule has 140 valence electrons. The Morgan fingerprint density at radius 1 is 1.04 bits per heavy atom. The van der Waals surface area contributed by atoms with Crippen LogP contribution in [0.15, 0.2) is 72.2 Å². The highest BCUT2D eigenvalue weighted by Crippen LogP contribution is 2.31. The summed E-state index contributed by atoms with van der Waals surface area (Å²) in [6.45, 7) is 0.506. The maximum atomic E-state index is 12.7. The van der Waals surface area contributed by atoms with Crippen molar-refractivity contribution in [2.24, 2.45) is 0 Å². The van der Waals surface area contributed by atoms with Crippen LogP contribution in [0.25, 0.3) is 10.8 Å². The van der Waals surface area contributed by atoms with Crippen molar-refractivity contribution in [2.75, 3.05) is 12.4 Å². The largest absolute Gasteiger partial charge is 0.495 e. The van der Waals surface area contributed by atoms with Crippen LogP contribution in [0.2, 0.25) is 0 Å². The summed E-state index contributed by atoms with van der Waals surface area (Å²) in [6.07, 6.45) is 1.61. The number of carbonyl (C=O) groups is 1. The number of para-hydroxylation sites is 2. The third-order valence-electron chi connectivity index (χ3n) is 4.40. The SMILES string of the molecule is COc1ccccc1Nc1ncc(C(=O)NCc2cccs2)c2ccccc12. The molecule has 5 nitrogen and oxygen atoms in total. The monoisotopic (exact) mass is 389 g/mol. The number of thiophene rings is 1. The maximum absolute atomic E-state index is 12.7. The van der Waals surface area contributed by atoms with Crippen molar-refractivity contribution >= 4 is 39.5 Å². The molecule has 0 unspecified atom stereocenters. The number of rotatable bonds is 6. The first-order chi connectivity index (χ1) is 13.8. The Morgan fingerprint density at radius 2 is 1.82 bits per heavy atom. The van der Waals surface area contributed by atoms with E-state index in [0.29, 0.717) is 17.9 Å². The molecule has 0 radical (unpaired) electrons. The number of pyridine rings is 1. The van der Waals surface area contributed by atoms with E-state index >= 15 is 0 Å². The molecular formula is C22H19N3O2S. The average molecular weight is 389 g/mol. The van der Waals surface area contributed by atoms with Crippen molar-refractivity contribution in [3.8, 4) is 5.75 Å². The van der Waals surface area contributed by atoms with E-state index in [1.54, 1.807) is 24.6 Å². The van der Waals surface area contributed by atoms with Crippen LogP contribution in [0.3, 0.4) is 0 Å². The van der Waals surface area contributed by atoms with Crippen molar-refractivity contribution in [1.29, 1.82) is 0 Å². The first-order valence-electron chi connectivity index (χ1n) is 8.84. The number of amides is 1. The molecule has 2 N–H and O–H groups in total. The van der Waals surface area contributed by atoms with Gasteiger partial charge in [-0.1, -0.05) is 42.5 Å². The predicted octanol–water partition coefficient (Wildman–Crippen LogP) is 4.98. The molecule has 0 atom stereocenters. The fourth-order valence-electron chi connectivity index (χ4n) is 3.02. The van der Waals surface area contributed by atoms with E-state index in [1.165, 1.54) is 0 Å². The lowest BCUT2D eigenvalue weighted by molar-refractivity contribution is 0.0952. The van der Waals surface area contributed by atoms with Gasteiger partial charge in [-0.3, -0.25) is 4.79 Å². The van der Waals surface area contributed by atoms with Gasteiger partial charge in [0, 0.05) is 16.5 Å².